The number of nitrogens with one attached hydrogen (secondary N) is 1. The number of halogens is 3. The molecule has 3 aromatic rings. The highest BCUT2D eigenvalue weighted by atomic mass is 32.1. The van der Waals surface area contributed by atoms with E-state index in [0.717, 1.165) is 12.2 Å². The maximum atomic E-state index is 12.7. The first-order valence-corrected chi connectivity index (χ1v) is 12.3. The summed E-state index contributed by atoms with van der Waals surface area (Å²) in [5.41, 5.74) is 1.34. The second-order valence-corrected chi connectivity index (χ2v) is 9.00. The summed E-state index contributed by atoms with van der Waals surface area (Å²) in [4.78, 5) is 12.4. The molecular formula is C26H25F3N4O4S. The molecule has 1 heterocycles. The molecule has 0 aliphatic rings. The third kappa shape index (κ3) is 7.69. The van der Waals surface area contributed by atoms with Gasteiger partial charge >= 0.3 is 6.18 Å². The summed E-state index contributed by atoms with van der Waals surface area (Å²) in [6.07, 6.45) is -2.36. The van der Waals surface area contributed by atoms with Crippen molar-refractivity contribution >= 4 is 28.5 Å². The van der Waals surface area contributed by atoms with Crippen molar-refractivity contribution in [2.24, 2.45) is 0 Å². The Labute approximate surface area is 221 Å². The van der Waals surface area contributed by atoms with E-state index in [2.05, 4.69) is 29.4 Å². The maximum Gasteiger partial charge on any atom is 0.445 e. The lowest BCUT2D eigenvalue weighted by molar-refractivity contribution is -0.138. The van der Waals surface area contributed by atoms with Crippen LogP contribution < -0.4 is 19.5 Å². The van der Waals surface area contributed by atoms with Crippen LogP contribution in [0.3, 0.4) is 0 Å². The second kappa shape index (κ2) is 12.9. The first-order chi connectivity index (χ1) is 18.1. The maximum absolute atomic E-state index is 12.7. The zero-order valence-corrected chi connectivity index (χ0v) is 21.7. The van der Waals surface area contributed by atoms with Crippen molar-refractivity contribution in [3.63, 3.8) is 0 Å². The fraction of sp³-hybridized carbons (Fsp3) is 0.308. The van der Waals surface area contributed by atoms with Gasteiger partial charge in [0.1, 0.15) is 30.6 Å². The summed E-state index contributed by atoms with van der Waals surface area (Å²) >= 11 is 0.158. The highest BCUT2D eigenvalue weighted by molar-refractivity contribution is 7.15. The van der Waals surface area contributed by atoms with Crippen molar-refractivity contribution < 1.29 is 32.2 Å². The number of methoxy groups -OCH3 is 1. The third-order valence-corrected chi connectivity index (χ3v) is 6.31. The van der Waals surface area contributed by atoms with Crippen molar-refractivity contribution in [2.75, 3.05) is 25.6 Å². The molecule has 12 heteroatoms. The number of carbonyl (C=O) groups excluding carboxylic acids is 1. The highest BCUT2D eigenvalue weighted by Gasteiger charge is 2.35. The fourth-order valence-electron chi connectivity index (χ4n) is 3.20. The van der Waals surface area contributed by atoms with E-state index in [4.69, 9.17) is 14.2 Å². The van der Waals surface area contributed by atoms with E-state index < -0.39 is 17.1 Å². The minimum Gasteiger partial charge on any atom is -0.493 e. The van der Waals surface area contributed by atoms with E-state index in [0.29, 0.717) is 29.6 Å². The number of hydrogen-bond donors (Lipinski definition) is 1. The van der Waals surface area contributed by atoms with Crippen molar-refractivity contribution in [2.45, 2.75) is 32.4 Å². The molecule has 1 unspecified atom stereocenters. The Morgan fingerprint density at radius 3 is 2.45 bits per heavy atom. The van der Waals surface area contributed by atoms with Gasteiger partial charge in [0.15, 0.2) is 11.5 Å². The molecule has 0 aliphatic heterocycles. The molecule has 0 aliphatic carbocycles. The predicted octanol–water partition coefficient (Wildman–Crippen LogP) is 6.08. The van der Waals surface area contributed by atoms with E-state index in [1.165, 1.54) is 18.7 Å². The number of rotatable bonds is 11. The molecule has 1 amide bonds. The van der Waals surface area contributed by atoms with Crippen LogP contribution in [0.15, 0.2) is 48.0 Å². The fourth-order valence-corrected chi connectivity index (χ4v) is 3.81. The summed E-state index contributed by atoms with van der Waals surface area (Å²) in [5.74, 6) is 1.08. The van der Waals surface area contributed by atoms with Crippen LogP contribution in [0.2, 0.25) is 0 Å². The Balaban J connectivity index is 1.59. The number of ether oxygens (including phenoxy) is 3. The van der Waals surface area contributed by atoms with Crippen LogP contribution in [0.25, 0.3) is 6.08 Å². The van der Waals surface area contributed by atoms with Crippen molar-refractivity contribution in [3.05, 3.63) is 64.2 Å². The molecule has 3 rings (SSSR count). The average molecular weight is 547 g/mol. The zero-order valence-electron chi connectivity index (χ0n) is 20.8. The molecule has 1 atom stereocenters. The Morgan fingerprint density at radius 1 is 1.13 bits per heavy atom. The molecule has 38 heavy (non-hydrogen) atoms. The summed E-state index contributed by atoms with van der Waals surface area (Å²) in [6, 6.07) is 14.4. The van der Waals surface area contributed by atoms with E-state index >= 15 is 0 Å². The number of anilines is 1. The molecular weight excluding hydrogens is 521 g/mol. The van der Waals surface area contributed by atoms with Gasteiger partial charge < -0.3 is 14.2 Å². The topological polar surface area (TPSA) is 106 Å². The largest absolute Gasteiger partial charge is 0.493 e. The predicted molar refractivity (Wildman–Crippen MR) is 136 cm³/mol. The van der Waals surface area contributed by atoms with Crippen LogP contribution in [0.1, 0.15) is 42.3 Å². The quantitative estimate of drug-likeness (QED) is 0.176. The van der Waals surface area contributed by atoms with E-state index in [1.54, 1.807) is 24.3 Å². The molecule has 0 fully saturated rings. The monoisotopic (exact) mass is 546 g/mol. The molecule has 0 saturated carbocycles. The summed E-state index contributed by atoms with van der Waals surface area (Å²) in [5, 5.41) is 16.2. The molecule has 0 bridgehead atoms. The Hall–Kier alpha value is -4.11. The molecule has 0 radical (unpaired) electrons. The van der Waals surface area contributed by atoms with Crippen molar-refractivity contribution in [3.8, 4) is 23.3 Å². The van der Waals surface area contributed by atoms with Crippen LogP contribution in [-0.4, -0.2) is 36.4 Å². The van der Waals surface area contributed by atoms with Crippen LogP contribution in [0.5, 0.6) is 17.2 Å². The number of aromatic nitrogens is 2. The third-order valence-electron chi connectivity index (χ3n) is 5.42. The summed E-state index contributed by atoms with van der Waals surface area (Å²) in [6.45, 7) is 4.86. The van der Waals surface area contributed by atoms with Crippen LogP contribution in [-0.2, 0) is 11.0 Å². The molecule has 2 aromatic carbocycles. The van der Waals surface area contributed by atoms with E-state index in [-0.39, 0.29) is 28.6 Å². The summed E-state index contributed by atoms with van der Waals surface area (Å²) < 4.78 is 54.9. The first kappa shape index (κ1) is 28.5. The van der Waals surface area contributed by atoms with Crippen LogP contribution >= 0.6 is 11.3 Å². The Kier molecular flexibility index (Phi) is 9.67. The number of amides is 1. The van der Waals surface area contributed by atoms with E-state index in [1.807, 2.05) is 24.3 Å². The number of benzene rings is 2. The lowest BCUT2D eigenvalue weighted by Crippen LogP contribution is -2.13. The molecule has 1 N–H and O–H groups in total. The number of nitriles is 1. The van der Waals surface area contributed by atoms with Crippen molar-refractivity contribution in [1.29, 1.82) is 5.26 Å². The molecule has 0 spiro atoms. The normalized spacial score (nSPS) is 12.4. The zero-order chi connectivity index (χ0) is 27.7. The van der Waals surface area contributed by atoms with Gasteiger partial charge in [-0.25, -0.2) is 0 Å². The standard InChI is InChI=1S/C26H25F3N4O4S/c1-4-16(2)18-6-8-20(9-7-18)36-11-12-37-21-10-5-17(14-22(21)35-3)13-19(15-30)23(34)31-25-33-32-24(38-25)26(27,28)29/h5-10,13-14,16H,4,11-12H2,1-3H3,(H,31,33,34)/b19-13-. The van der Waals surface area contributed by atoms with Gasteiger partial charge in [-0.15, -0.1) is 10.2 Å². The second-order valence-electron chi connectivity index (χ2n) is 8.02. The van der Waals surface area contributed by atoms with Crippen LogP contribution in [0, 0.1) is 11.3 Å². The van der Waals surface area contributed by atoms with Gasteiger partial charge in [0, 0.05) is 0 Å². The van der Waals surface area contributed by atoms with Gasteiger partial charge in [-0.2, -0.15) is 18.4 Å². The van der Waals surface area contributed by atoms with Crippen molar-refractivity contribution in [1.82, 2.24) is 10.2 Å². The van der Waals surface area contributed by atoms with Gasteiger partial charge in [-0.3, -0.25) is 10.1 Å². The van der Waals surface area contributed by atoms with Gasteiger partial charge in [-0.05, 0) is 53.8 Å². The van der Waals surface area contributed by atoms with Crippen LogP contribution in [0.4, 0.5) is 18.3 Å². The van der Waals surface area contributed by atoms with E-state index in [9.17, 15) is 23.2 Å². The average Bonchev–Trinajstić information content (AvgIpc) is 3.39. The number of carbonyl (C=O) groups is 1. The minimum atomic E-state index is -4.68. The van der Waals surface area contributed by atoms with Gasteiger partial charge in [0.25, 0.3) is 5.91 Å². The molecule has 8 nitrogen and oxygen atoms in total. The highest BCUT2D eigenvalue weighted by Crippen LogP contribution is 2.33. The van der Waals surface area contributed by atoms with Gasteiger partial charge in [-0.1, -0.05) is 43.4 Å². The molecule has 0 saturated heterocycles. The lowest BCUT2D eigenvalue weighted by atomic mass is 9.99. The number of hydrogen-bond acceptors (Lipinski definition) is 8. The Bertz CT molecular complexity index is 1320. The Morgan fingerprint density at radius 2 is 1.84 bits per heavy atom. The van der Waals surface area contributed by atoms with Gasteiger partial charge in [0.05, 0.1) is 7.11 Å². The first-order valence-electron chi connectivity index (χ1n) is 11.5. The molecule has 200 valence electrons. The minimum absolute atomic E-state index is 0.158. The molecule has 1 aromatic heterocycles. The number of alkyl halides is 3. The smallest absolute Gasteiger partial charge is 0.445 e. The van der Waals surface area contributed by atoms with Gasteiger partial charge in [0.2, 0.25) is 10.1 Å². The lowest BCUT2D eigenvalue weighted by Gasteiger charge is -2.13. The number of nitrogens with zero attached hydrogens (tertiary/aromatic N) is 3. The summed E-state index contributed by atoms with van der Waals surface area (Å²) in [7, 11) is 1.44. The SMILES string of the molecule is CCC(C)c1ccc(OCCOc2ccc(/C=C(/C#N)C(=O)Nc3nnc(C(F)(F)F)s3)cc2OC)cc1.